The molecule has 1 atom stereocenters. The molecular formula is C18H24O2. The molecule has 1 aromatic rings. The van der Waals surface area contributed by atoms with E-state index >= 15 is 0 Å². The topological polar surface area (TPSA) is 40.5 Å². The second-order valence-electron chi connectivity index (χ2n) is 5.61. The van der Waals surface area contributed by atoms with Gasteiger partial charge in [-0.3, -0.25) is 0 Å². The van der Waals surface area contributed by atoms with Crippen molar-refractivity contribution >= 4 is 6.08 Å². The molecule has 0 amide bonds. The fourth-order valence-corrected chi connectivity index (χ4v) is 1.86. The van der Waals surface area contributed by atoms with Crippen LogP contribution in [0.5, 0.6) is 11.5 Å². The molecule has 0 radical (unpaired) electrons. The average Bonchev–Trinajstić information content (AvgIpc) is 2.40. The predicted molar refractivity (Wildman–Crippen MR) is 85.8 cm³/mol. The van der Waals surface area contributed by atoms with E-state index in [0.717, 1.165) is 18.4 Å². The minimum Gasteiger partial charge on any atom is -0.504 e. The molecule has 1 rings (SSSR count). The number of benzene rings is 1. The van der Waals surface area contributed by atoms with Gasteiger partial charge >= 0.3 is 0 Å². The first-order valence-electron chi connectivity index (χ1n) is 6.84. The molecule has 0 bridgehead atoms. The maximum atomic E-state index is 9.48. The number of hydrogen-bond acceptors (Lipinski definition) is 2. The van der Waals surface area contributed by atoms with Crippen LogP contribution >= 0.6 is 0 Å². The van der Waals surface area contributed by atoms with Gasteiger partial charge in [-0.05, 0) is 44.4 Å². The SMILES string of the molecule is C=C[C@](C)(/C=C/c1ccc(O)c(O)c1)CCC=C(C)C. The Morgan fingerprint density at radius 1 is 1.25 bits per heavy atom. The Labute approximate surface area is 121 Å². The zero-order chi connectivity index (χ0) is 15.2. The largest absolute Gasteiger partial charge is 0.504 e. The van der Waals surface area contributed by atoms with Gasteiger partial charge in [0, 0.05) is 5.41 Å². The van der Waals surface area contributed by atoms with E-state index < -0.39 is 0 Å². The summed E-state index contributed by atoms with van der Waals surface area (Å²) in [5, 5.41) is 18.8. The van der Waals surface area contributed by atoms with E-state index in [1.165, 1.54) is 11.6 Å². The monoisotopic (exact) mass is 272 g/mol. The molecule has 0 aliphatic carbocycles. The summed E-state index contributed by atoms with van der Waals surface area (Å²) in [6.45, 7) is 10.2. The van der Waals surface area contributed by atoms with Crippen LogP contribution < -0.4 is 0 Å². The third-order valence-corrected chi connectivity index (χ3v) is 3.36. The highest BCUT2D eigenvalue weighted by molar-refractivity contribution is 5.55. The molecule has 2 heteroatoms. The van der Waals surface area contributed by atoms with Crippen molar-refractivity contribution in [1.29, 1.82) is 0 Å². The number of hydrogen-bond donors (Lipinski definition) is 2. The van der Waals surface area contributed by atoms with Crippen LogP contribution in [0.25, 0.3) is 6.08 Å². The summed E-state index contributed by atoms with van der Waals surface area (Å²) in [5.41, 5.74) is 2.10. The van der Waals surface area contributed by atoms with Crippen LogP contribution in [0, 0.1) is 5.41 Å². The van der Waals surface area contributed by atoms with Crippen molar-refractivity contribution in [2.45, 2.75) is 33.6 Å². The summed E-state index contributed by atoms with van der Waals surface area (Å²) >= 11 is 0. The van der Waals surface area contributed by atoms with Crippen LogP contribution in [-0.4, -0.2) is 10.2 Å². The number of allylic oxidation sites excluding steroid dienone is 4. The molecule has 0 aliphatic heterocycles. The Hall–Kier alpha value is -1.96. The van der Waals surface area contributed by atoms with E-state index in [1.54, 1.807) is 12.1 Å². The lowest BCUT2D eigenvalue weighted by atomic mass is 9.84. The van der Waals surface area contributed by atoms with Crippen LogP contribution in [0.2, 0.25) is 0 Å². The molecule has 0 aromatic heterocycles. The number of phenols is 2. The van der Waals surface area contributed by atoms with Crippen molar-refractivity contribution in [2.75, 3.05) is 0 Å². The van der Waals surface area contributed by atoms with Crippen LogP contribution in [0.15, 0.2) is 48.6 Å². The number of aromatic hydroxyl groups is 2. The van der Waals surface area contributed by atoms with Crippen molar-refractivity contribution in [3.63, 3.8) is 0 Å². The first-order chi connectivity index (χ1) is 9.36. The van der Waals surface area contributed by atoms with Crippen molar-refractivity contribution < 1.29 is 10.2 Å². The van der Waals surface area contributed by atoms with Gasteiger partial charge in [0.1, 0.15) is 0 Å². The van der Waals surface area contributed by atoms with Crippen molar-refractivity contribution in [1.82, 2.24) is 0 Å². The lowest BCUT2D eigenvalue weighted by molar-refractivity contribution is 0.403. The van der Waals surface area contributed by atoms with E-state index in [0.29, 0.717) is 0 Å². The highest BCUT2D eigenvalue weighted by atomic mass is 16.3. The summed E-state index contributed by atoms with van der Waals surface area (Å²) in [6, 6.07) is 4.81. The summed E-state index contributed by atoms with van der Waals surface area (Å²) in [5.74, 6) is -0.200. The zero-order valence-electron chi connectivity index (χ0n) is 12.6. The predicted octanol–water partition coefficient (Wildman–Crippen LogP) is 5.05. The van der Waals surface area contributed by atoms with Gasteiger partial charge in [-0.2, -0.15) is 0 Å². The van der Waals surface area contributed by atoms with E-state index in [1.807, 2.05) is 12.2 Å². The second-order valence-corrected chi connectivity index (χ2v) is 5.61. The first-order valence-corrected chi connectivity index (χ1v) is 6.84. The van der Waals surface area contributed by atoms with E-state index in [-0.39, 0.29) is 16.9 Å². The van der Waals surface area contributed by atoms with Crippen LogP contribution in [-0.2, 0) is 0 Å². The molecule has 0 saturated carbocycles. The molecule has 0 aliphatic rings. The highest BCUT2D eigenvalue weighted by Crippen LogP contribution is 2.30. The quantitative estimate of drug-likeness (QED) is 0.562. The molecule has 1 aromatic carbocycles. The lowest BCUT2D eigenvalue weighted by Gasteiger charge is -2.20. The van der Waals surface area contributed by atoms with Gasteiger partial charge in [0.15, 0.2) is 11.5 Å². The Balaban J connectivity index is 2.80. The standard InChI is InChI=1S/C18H24O2/c1-5-18(4,11-6-7-14(2)3)12-10-15-8-9-16(19)17(20)13-15/h5,7-10,12-13,19-20H,1,6,11H2,2-4H3/b12-10+/t18-/m0/s1. The molecule has 2 N–H and O–H groups in total. The van der Waals surface area contributed by atoms with Gasteiger partial charge in [-0.1, -0.05) is 42.9 Å². The smallest absolute Gasteiger partial charge is 0.157 e. The van der Waals surface area contributed by atoms with Gasteiger partial charge in [0.2, 0.25) is 0 Å². The minimum atomic E-state index is -0.100. The third-order valence-electron chi connectivity index (χ3n) is 3.36. The van der Waals surface area contributed by atoms with Gasteiger partial charge < -0.3 is 10.2 Å². The molecule has 0 fully saturated rings. The van der Waals surface area contributed by atoms with Crippen LogP contribution in [0.1, 0.15) is 39.2 Å². The summed E-state index contributed by atoms with van der Waals surface area (Å²) in [4.78, 5) is 0. The fourth-order valence-electron chi connectivity index (χ4n) is 1.86. The van der Waals surface area contributed by atoms with Crippen LogP contribution in [0.3, 0.4) is 0 Å². The second kappa shape index (κ2) is 6.99. The van der Waals surface area contributed by atoms with Crippen molar-refractivity contribution in [2.24, 2.45) is 5.41 Å². The highest BCUT2D eigenvalue weighted by Gasteiger charge is 2.15. The maximum absolute atomic E-state index is 9.48. The molecule has 0 spiro atoms. The molecule has 0 unspecified atom stereocenters. The Kier molecular flexibility index (Phi) is 5.63. The number of rotatable bonds is 6. The molecular weight excluding hydrogens is 248 g/mol. The normalized spacial score (nSPS) is 13.9. The Morgan fingerprint density at radius 2 is 1.95 bits per heavy atom. The zero-order valence-corrected chi connectivity index (χ0v) is 12.6. The maximum Gasteiger partial charge on any atom is 0.157 e. The molecule has 20 heavy (non-hydrogen) atoms. The molecule has 0 saturated heterocycles. The summed E-state index contributed by atoms with van der Waals surface area (Å²) in [7, 11) is 0. The van der Waals surface area contributed by atoms with Crippen molar-refractivity contribution in [3.05, 3.63) is 54.1 Å². The fraction of sp³-hybridized carbons (Fsp3) is 0.333. The summed E-state index contributed by atoms with van der Waals surface area (Å²) in [6.07, 6.45) is 10.2. The van der Waals surface area contributed by atoms with Gasteiger partial charge in [-0.15, -0.1) is 6.58 Å². The van der Waals surface area contributed by atoms with Gasteiger partial charge in [0.05, 0.1) is 0 Å². The van der Waals surface area contributed by atoms with E-state index in [9.17, 15) is 10.2 Å². The lowest BCUT2D eigenvalue weighted by Crippen LogP contribution is -2.08. The first kappa shape index (κ1) is 16.1. The van der Waals surface area contributed by atoms with Crippen molar-refractivity contribution in [3.8, 4) is 11.5 Å². The van der Waals surface area contributed by atoms with Crippen LogP contribution in [0.4, 0.5) is 0 Å². The van der Waals surface area contributed by atoms with Gasteiger partial charge in [-0.25, -0.2) is 0 Å². The minimum absolute atomic E-state index is 0.0839. The molecule has 2 nitrogen and oxygen atoms in total. The Bertz CT molecular complexity index is 522. The Morgan fingerprint density at radius 3 is 2.50 bits per heavy atom. The molecule has 108 valence electrons. The average molecular weight is 272 g/mol. The third kappa shape index (κ3) is 4.96. The molecule has 0 heterocycles. The van der Waals surface area contributed by atoms with E-state index in [4.69, 9.17) is 0 Å². The number of phenolic OH excluding ortho intramolecular Hbond substituents is 2. The van der Waals surface area contributed by atoms with E-state index in [2.05, 4.69) is 39.5 Å². The summed E-state index contributed by atoms with van der Waals surface area (Å²) < 4.78 is 0. The van der Waals surface area contributed by atoms with Gasteiger partial charge in [0.25, 0.3) is 0 Å².